The summed E-state index contributed by atoms with van der Waals surface area (Å²) in [6, 6.07) is 0. The second-order valence-corrected chi connectivity index (χ2v) is 5.24. The zero-order chi connectivity index (χ0) is 11.1. The van der Waals surface area contributed by atoms with Gasteiger partial charge in [0.05, 0.1) is 0 Å². The average Bonchev–Trinajstić information content (AvgIpc) is 1.93. The Bertz CT molecular complexity index is 276. The average molecular weight is 198 g/mol. The summed E-state index contributed by atoms with van der Waals surface area (Å²) in [5.74, 6) is -0.117. The number of carbonyl (C=O) groups excluding carboxylic acids is 2. The molecule has 1 N–H and O–H groups in total. The first-order valence-corrected chi connectivity index (χ1v) is 4.78. The lowest BCUT2D eigenvalue weighted by atomic mass is 9.95. The molecular formula is C10H18N2O2. The lowest BCUT2D eigenvalue weighted by Gasteiger charge is -2.44. The van der Waals surface area contributed by atoms with E-state index >= 15 is 0 Å². The monoisotopic (exact) mass is 198 g/mol. The molecule has 0 aromatic carbocycles. The Hall–Kier alpha value is -1.06. The summed E-state index contributed by atoms with van der Waals surface area (Å²) in [5.41, 5.74) is -1.07. The van der Waals surface area contributed by atoms with Crippen LogP contribution in [-0.2, 0) is 9.59 Å². The van der Waals surface area contributed by atoms with Crippen molar-refractivity contribution in [2.24, 2.45) is 0 Å². The molecule has 4 heteroatoms. The molecular weight excluding hydrogens is 180 g/mol. The first-order valence-electron chi connectivity index (χ1n) is 4.78. The molecule has 1 saturated heterocycles. The van der Waals surface area contributed by atoms with Gasteiger partial charge in [0, 0.05) is 5.54 Å². The van der Waals surface area contributed by atoms with E-state index in [1.54, 1.807) is 18.7 Å². The lowest BCUT2D eigenvalue weighted by molar-refractivity contribution is -0.153. The molecule has 0 atom stereocenters. The van der Waals surface area contributed by atoms with E-state index in [0.29, 0.717) is 0 Å². The van der Waals surface area contributed by atoms with Crippen molar-refractivity contribution in [1.82, 2.24) is 10.2 Å². The maximum absolute atomic E-state index is 12.0. The fourth-order valence-corrected chi connectivity index (χ4v) is 1.54. The minimum absolute atomic E-state index is 0.0235. The highest BCUT2D eigenvalue weighted by atomic mass is 16.2. The molecule has 0 aliphatic carbocycles. The van der Waals surface area contributed by atoms with Gasteiger partial charge in [-0.1, -0.05) is 0 Å². The largest absolute Gasteiger partial charge is 0.341 e. The third kappa shape index (κ3) is 1.89. The number of amides is 2. The van der Waals surface area contributed by atoms with Gasteiger partial charge < -0.3 is 10.2 Å². The van der Waals surface area contributed by atoms with E-state index in [-0.39, 0.29) is 23.9 Å². The molecule has 14 heavy (non-hydrogen) atoms. The first kappa shape index (κ1) is 11.0. The van der Waals surface area contributed by atoms with Crippen molar-refractivity contribution in [3.8, 4) is 0 Å². The van der Waals surface area contributed by atoms with Gasteiger partial charge in [-0.25, -0.2) is 0 Å². The third-order valence-corrected chi connectivity index (χ3v) is 2.34. The Labute approximate surface area is 84.7 Å². The Morgan fingerprint density at radius 2 is 1.79 bits per heavy atom. The van der Waals surface area contributed by atoms with E-state index in [2.05, 4.69) is 5.32 Å². The molecule has 1 aliphatic rings. The van der Waals surface area contributed by atoms with Crippen LogP contribution in [0.1, 0.15) is 34.6 Å². The highest BCUT2D eigenvalue weighted by Gasteiger charge is 2.42. The molecule has 4 nitrogen and oxygen atoms in total. The zero-order valence-corrected chi connectivity index (χ0v) is 9.47. The van der Waals surface area contributed by atoms with E-state index in [0.717, 1.165) is 0 Å². The summed E-state index contributed by atoms with van der Waals surface area (Å²) in [6.45, 7) is 9.40. The molecule has 1 fully saturated rings. The normalized spacial score (nSPS) is 22.2. The Morgan fingerprint density at radius 1 is 1.29 bits per heavy atom. The maximum Gasteiger partial charge on any atom is 0.248 e. The molecule has 80 valence electrons. The van der Waals surface area contributed by atoms with Gasteiger partial charge in [-0.2, -0.15) is 0 Å². The van der Waals surface area contributed by atoms with E-state index < -0.39 is 5.54 Å². The van der Waals surface area contributed by atoms with Crippen LogP contribution in [0, 0.1) is 0 Å². The van der Waals surface area contributed by atoms with E-state index in [1.807, 2.05) is 20.8 Å². The number of nitrogens with one attached hydrogen (secondary N) is 1. The Balaban J connectivity index is 2.98. The fraction of sp³-hybridized carbons (Fsp3) is 0.800. The fourth-order valence-electron chi connectivity index (χ4n) is 1.54. The van der Waals surface area contributed by atoms with Gasteiger partial charge in [0.25, 0.3) is 0 Å². The van der Waals surface area contributed by atoms with Crippen LogP contribution in [0.25, 0.3) is 0 Å². The van der Waals surface area contributed by atoms with Crippen LogP contribution in [0.15, 0.2) is 0 Å². The smallest absolute Gasteiger partial charge is 0.248 e. The molecule has 1 aliphatic heterocycles. The molecule has 0 saturated carbocycles. The van der Waals surface area contributed by atoms with E-state index in [9.17, 15) is 9.59 Å². The molecule has 0 bridgehead atoms. The number of hydrogen-bond acceptors (Lipinski definition) is 2. The summed E-state index contributed by atoms with van der Waals surface area (Å²) in [7, 11) is 0. The number of rotatable bonds is 0. The molecule has 1 rings (SSSR count). The first-order chi connectivity index (χ1) is 6.14. The minimum Gasteiger partial charge on any atom is -0.341 e. The van der Waals surface area contributed by atoms with Crippen molar-refractivity contribution in [1.29, 1.82) is 0 Å². The van der Waals surface area contributed by atoms with E-state index in [4.69, 9.17) is 0 Å². The number of piperazine rings is 1. The number of carbonyl (C=O) groups is 2. The molecule has 0 spiro atoms. The van der Waals surface area contributed by atoms with Gasteiger partial charge >= 0.3 is 0 Å². The number of nitrogens with zero attached hydrogens (tertiary/aromatic N) is 1. The second-order valence-electron chi connectivity index (χ2n) is 5.24. The molecule has 0 aromatic heterocycles. The van der Waals surface area contributed by atoms with Crippen LogP contribution >= 0.6 is 0 Å². The van der Waals surface area contributed by atoms with Crippen LogP contribution in [-0.4, -0.2) is 34.3 Å². The number of hydrogen-bond donors (Lipinski definition) is 1. The molecule has 0 unspecified atom stereocenters. The van der Waals surface area contributed by atoms with Crippen LogP contribution < -0.4 is 5.32 Å². The maximum atomic E-state index is 12.0. The Kier molecular flexibility index (Phi) is 2.34. The van der Waals surface area contributed by atoms with Crippen molar-refractivity contribution in [2.75, 3.05) is 6.54 Å². The minimum atomic E-state index is -0.775. The van der Waals surface area contributed by atoms with Crippen LogP contribution in [0.2, 0.25) is 0 Å². The summed E-state index contributed by atoms with van der Waals surface area (Å²) in [5, 5.41) is 2.68. The summed E-state index contributed by atoms with van der Waals surface area (Å²) in [4.78, 5) is 24.9. The lowest BCUT2D eigenvalue weighted by Crippen LogP contribution is -2.67. The van der Waals surface area contributed by atoms with Crippen molar-refractivity contribution in [3.05, 3.63) is 0 Å². The second kappa shape index (κ2) is 2.97. The summed E-state index contributed by atoms with van der Waals surface area (Å²) in [6.07, 6.45) is 0. The quantitative estimate of drug-likeness (QED) is 0.617. The van der Waals surface area contributed by atoms with Gasteiger partial charge in [0.2, 0.25) is 11.8 Å². The van der Waals surface area contributed by atoms with Crippen LogP contribution in [0.3, 0.4) is 0 Å². The molecule has 0 aromatic rings. The SMILES string of the molecule is CC1(C)NC(=O)CN(C(C)(C)C)C1=O. The molecule has 1 heterocycles. The van der Waals surface area contributed by atoms with Gasteiger partial charge in [0.1, 0.15) is 12.1 Å². The van der Waals surface area contributed by atoms with Crippen molar-refractivity contribution in [2.45, 2.75) is 45.7 Å². The standard InChI is InChI=1S/C10H18N2O2/c1-9(2,3)12-6-7(13)11-10(4,5)8(12)14/h6H2,1-5H3,(H,11,13). The van der Waals surface area contributed by atoms with Gasteiger partial charge in [-0.05, 0) is 34.6 Å². The van der Waals surface area contributed by atoms with E-state index in [1.165, 1.54) is 0 Å². The Morgan fingerprint density at radius 3 is 2.21 bits per heavy atom. The van der Waals surface area contributed by atoms with Crippen molar-refractivity contribution < 1.29 is 9.59 Å². The van der Waals surface area contributed by atoms with Gasteiger partial charge in [-0.15, -0.1) is 0 Å². The highest BCUT2D eigenvalue weighted by Crippen LogP contribution is 2.21. The summed E-state index contributed by atoms with van der Waals surface area (Å²) < 4.78 is 0. The predicted octanol–water partition coefficient (Wildman–Crippen LogP) is 0.522. The summed E-state index contributed by atoms with van der Waals surface area (Å²) >= 11 is 0. The van der Waals surface area contributed by atoms with Crippen molar-refractivity contribution >= 4 is 11.8 Å². The van der Waals surface area contributed by atoms with Crippen LogP contribution in [0.5, 0.6) is 0 Å². The van der Waals surface area contributed by atoms with Crippen LogP contribution in [0.4, 0.5) is 0 Å². The van der Waals surface area contributed by atoms with Gasteiger partial charge in [-0.3, -0.25) is 9.59 Å². The molecule has 0 radical (unpaired) electrons. The highest BCUT2D eigenvalue weighted by molar-refractivity contribution is 5.97. The molecule has 2 amide bonds. The van der Waals surface area contributed by atoms with Crippen molar-refractivity contribution in [3.63, 3.8) is 0 Å². The third-order valence-electron chi connectivity index (χ3n) is 2.34. The predicted molar refractivity (Wildman–Crippen MR) is 53.7 cm³/mol. The van der Waals surface area contributed by atoms with Gasteiger partial charge in [0.15, 0.2) is 0 Å². The zero-order valence-electron chi connectivity index (χ0n) is 9.47. The topological polar surface area (TPSA) is 49.4 Å².